The molecular weight excluding hydrogens is 268 g/mol. The number of rotatable bonds is 4. The van der Waals surface area contributed by atoms with Crippen molar-refractivity contribution in [3.8, 4) is 0 Å². The third-order valence-corrected chi connectivity index (χ3v) is 4.53. The molecule has 1 amide bonds. The number of thioether (sulfide) groups is 1. The topological polar surface area (TPSA) is 41.1 Å². The second kappa shape index (κ2) is 7.02. The Morgan fingerprint density at radius 1 is 1.30 bits per heavy atom. The average Bonchev–Trinajstić information content (AvgIpc) is 2.39. The Labute approximate surface area is 125 Å². The molecule has 1 fully saturated rings. The van der Waals surface area contributed by atoms with E-state index in [1.807, 2.05) is 44.7 Å². The predicted molar refractivity (Wildman–Crippen MR) is 87.8 cm³/mol. The molecule has 1 aliphatic heterocycles. The average molecular weight is 292 g/mol. The quantitative estimate of drug-likeness (QED) is 0.893. The van der Waals surface area contributed by atoms with Crippen LogP contribution in [0.25, 0.3) is 0 Å². The van der Waals surface area contributed by atoms with Gasteiger partial charge in [0.25, 0.3) is 5.91 Å². The predicted octanol–water partition coefficient (Wildman–Crippen LogP) is 3.44. The van der Waals surface area contributed by atoms with E-state index in [9.17, 15) is 4.79 Å². The zero-order valence-electron chi connectivity index (χ0n) is 12.5. The van der Waals surface area contributed by atoms with Gasteiger partial charge in [-0.15, -0.1) is 0 Å². The number of aryl methyl sites for hydroxylation is 1. The molecule has 0 bridgehead atoms. The van der Waals surface area contributed by atoms with Crippen molar-refractivity contribution in [2.75, 3.05) is 16.8 Å². The molecule has 0 aromatic heterocycles. The molecule has 0 radical (unpaired) electrons. The minimum Gasteiger partial charge on any atom is -0.382 e. The first-order chi connectivity index (χ1) is 9.56. The summed E-state index contributed by atoms with van der Waals surface area (Å²) in [4.78, 5) is 12.0. The minimum absolute atomic E-state index is 0.0121. The van der Waals surface area contributed by atoms with Crippen LogP contribution < -0.4 is 10.6 Å². The zero-order valence-corrected chi connectivity index (χ0v) is 13.3. The van der Waals surface area contributed by atoms with Crippen molar-refractivity contribution in [3.05, 3.63) is 29.3 Å². The molecule has 2 rings (SSSR count). The highest BCUT2D eigenvalue weighted by atomic mass is 32.2. The molecule has 1 aromatic rings. The molecule has 2 N–H and O–H groups in total. The molecule has 0 spiro atoms. The van der Waals surface area contributed by atoms with Gasteiger partial charge in [-0.1, -0.05) is 0 Å². The largest absolute Gasteiger partial charge is 0.382 e. The van der Waals surface area contributed by atoms with Gasteiger partial charge in [0.1, 0.15) is 0 Å². The first-order valence-electron chi connectivity index (χ1n) is 7.32. The Hall–Kier alpha value is -1.16. The number of carbonyl (C=O) groups excluding carboxylic acids is 1. The Morgan fingerprint density at radius 2 is 2.00 bits per heavy atom. The van der Waals surface area contributed by atoms with Crippen molar-refractivity contribution in [2.24, 2.45) is 0 Å². The van der Waals surface area contributed by atoms with E-state index in [2.05, 4.69) is 16.7 Å². The number of hydrogen-bond acceptors (Lipinski definition) is 3. The van der Waals surface area contributed by atoms with E-state index in [4.69, 9.17) is 0 Å². The molecule has 0 atom stereocenters. The van der Waals surface area contributed by atoms with Gasteiger partial charge in [0.2, 0.25) is 0 Å². The Balaban J connectivity index is 2.03. The number of amides is 1. The van der Waals surface area contributed by atoms with Crippen LogP contribution in [0.3, 0.4) is 0 Å². The van der Waals surface area contributed by atoms with Gasteiger partial charge >= 0.3 is 0 Å². The number of anilines is 1. The van der Waals surface area contributed by atoms with Crippen LogP contribution in [-0.2, 0) is 0 Å². The SMILES string of the molecule is Cc1cc(NC2CCSCC2)ccc1C(=O)NC(C)C. The fraction of sp³-hybridized carbons (Fsp3) is 0.562. The summed E-state index contributed by atoms with van der Waals surface area (Å²) in [7, 11) is 0. The van der Waals surface area contributed by atoms with Gasteiger partial charge in [-0.2, -0.15) is 11.8 Å². The van der Waals surface area contributed by atoms with Crippen molar-refractivity contribution in [1.29, 1.82) is 0 Å². The van der Waals surface area contributed by atoms with Crippen LogP contribution in [0.15, 0.2) is 18.2 Å². The second-order valence-electron chi connectivity index (χ2n) is 5.69. The molecule has 1 heterocycles. The summed E-state index contributed by atoms with van der Waals surface area (Å²) in [6.45, 7) is 5.95. The van der Waals surface area contributed by atoms with Gasteiger partial charge < -0.3 is 10.6 Å². The van der Waals surface area contributed by atoms with Crippen LogP contribution in [0.4, 0.5) is 5.69 Å². The van der Waals surface area contributed by atoms with Gasteiger partial charge in [-0.25, -0.2) is 0 Å². The number of benzene rings is 1. The normalized spacial score (nSPS) is 16.2. The van der Waals surface area contributed by atoms with Gasteiger partial charge in [0.15, 0.2) is 0 Å². The number of carbonyl (C=O) groups is 1. The monoisotopic (exact) mass is 292 g/mol. The van der Waals surface area contributed by atoms with Crippen LogP contribution in [0, 0.1) is 6.92 Å². The zero-order chi connectivity index (χ0) is 14.5. The van der Waals surface area contributed by atoms with Crippen molar-refractivity contribution in [1.82, 2.24) is 5.32 Å². The Bertz CT molecular complexity index is 468. The van der Waals surface area contributed by atoms with E-state index in [1.54, 1.807) is 0 Å². The summed E-state index contributed by atoms with van der Waals surface area (Å²) in [5, 5.41) is 6.52. The first kappa shape index (κ1) is 15.2. The van der Waals surface area contributed by atoms with Gasteiger partial charge in [-0.3, -0.25) is 4.79 Å². The lowest BCUT2D eigenvalue weighted by molar-refractivity contribution is 0.0942. The molecule has 0 saturated carbocycles. The minimum atomic E-state index is 0.0121. The van der Waals surface area contributed by atoms with Crippen LogP contribution >= 0.6 is 11.8 Å². The van der Waals surface area contributed by atoms with Gasteiger partial charge in [0, 0.05) is 23.3 Å². The molecule has 20 heavy (non-hydrogen) atoms. The van der Waals surface area contributed by atoms with Crippen molar-refractivity contribution < 1.29 is 4.79 Å². The Morgan fingerprint density at radius 3 is 2.60 bits per heavy atom. The fourth-order valence-electron chi connectivity index (χ4n) is 2.43. The summed E-state index contributed by atoms with van der Waals surface area (Å²) in [6, 6.07) is 6.76. The molecule has 0 unspecified atom stereocenters. The summed E-state index contributed by atoms with van der Waals surface area (Å²) >= 11 is 2.03. The molecule has 1 aromatic carbocycles. The Kier molecular flexibility index (Phi) is 5.35. The smallest absolute Gasteiger partial charge is 0.251 e. The van der Waals surface area contributed by atoms with Crippen LogP contribution in [0.2, 0.25) is 0 Å². The molecule has 0 aliphatic carbocycles. The maximum absolute atomic E-state index is 12.0. The van der Waals surface area contributed by atoms with E-state index in [0.29, 0.717) is 6.04 Å². The van der Waals surface area contributed by atoms with Crippen molar-refractivity contribution in [3.63, 3.8) is 0 Å². The third-order valence-electron chi connectivity index (χ3n) is 3.48. The van der Waals surface area contributed by atoms with Crippen LogP contribution in [-0.4, -0.2) is 29.5 Å². The fourth-order valence-corrected chi connectivity index (χ4v) is 3.53. The lowest BCUT2D eigenvalue weighted by atomic mass is 10.1. The summed E-state index contributed by atoms with van der Waals surface area (Å²) in [5.41, 5.74) is 2.92. The summed E-state index contributed by atoms with van der Waals surface area (Å²) in [6.07, 6.45) is 2.44. The van der Waals surface area contributed by atoms with Crippen molar-refractivity contribution >= 4 is 23.4 Å². The first-order valence-corrected chi connectivity index (χ1v) is 8.47. The highest BCUT2D eigenvalue weighted by molar-refractivity contribution is 7.99. The molecule has 4 heteroatoms. The molecule has 110 valence electrons. The van der Waals surface area contributed by atoms with Gasteiger partial charge in [-0.05, 0) is 68.9 Å². The van der Waals surface area contributed by atoms with E-state index in [0.717, 1.165) is 16.8 Å². The summed E-state index contributed by atoms with van der Waals surface area (Å²) < 4.78 is 0. The molecule has 3 nitrogen and oxygen atoms in total. The lowest BCUT2D eigenvalue weighted by Gasteiger charge is -2.24. The maximum Gasteiger partial charge on any atom is 0.251 e. The van der Waals surface area contributed by atoms with Crippen molar-refractivity contribution in [2.45, 2.75) is 45.7 Å². The molecule has 1 aliphatic rings. The third kappa shape index (κ3) is 4.17. The van der Waals surface area contributed by atoms with E-state index >= 15 is 0 Å². The molecular formula is C16H24N2OS. The van der Waals surface area contributed by atoms with Gasteiger partial charge in [0.05, 0.1) is 0 Å². The summed E-state index contributed by atoms with van der Waals surface area (Å²) in [5.74, 6) is 2.50. The van der Waals surface area contributed by atoms with E-state index in [1.165, 1.54) is 24.3 Å². The van der Waals surface area contributed by atoms with Crippen LogP contribution in [0.5, 0.6) is 0 Å². The lowest BCUT2D eigenvalue weighted by Crippen LogP contribution is -2.30. The second-order valence-corrected chi connectivity index (χ2v) is 6.91. The number of nitrogens with one attached hydrogen (secondary N) is 2. The van der Waals surface area contributed by atoms with Crippen LogP contribution in [0.1, 0.15) is 42.6 Å². The van der Waals surface area contributed by atoms with E-state index in [-0.39, 0.29) is 11.9 Å². The highest BCUT2D eigenvalue weighted by Crippen LogP contribution is 2.22. The molecule has 1 saturated heterocycles. The number of hydrogen-bond donors (Lipinski definition) is 2. The van der Waals surface area contributed by atoms with E-state index < -0.39 is 0 Å². The standard InChI is InChI=1S/C16H24N2OS/c1-11(2)17-16(19)15-5-4-14(10-12(15)3)18-13-6-8-20-9-7-13/h4-5,10-11,13,18H,6-9H2,1-3H3,(H,17,19). The highest BCUT2D eigenvalue weighted by Gasteiger charge is 2.15. The maximum atomic E-state index is 12.0.